The Bertz CT molecular complexity index is 1060. The van der Waals surface area contributed by atoms with Gasteiger partial charge in [0.15, 0.2) is 5.78 Å². The Morgan fingerprint density at radius 1 is 1.08 bits per heavy atom. The number of allylic oxidation sites excluding steroid dienone is 1. The van der Waals surface area contributed by atoms with E-state index in [2.05, 4.69) is 0 Å². The van der Waals surface area contributed by atoms with Gasteiger partial charge in [0.2, 0.25) is 0 Å². The number of ketones is 1. The summed E-state index contributed by atoms with van der Waals surface area (Å²) in [6, 6.07) is 17.4. The Balaban J connectivity index is 1.71. The predicted octanol–water partition coefficient (Wildman–Crippen LogP) is 6.21. The Labute approximate surface area is 163 Å². The van der Waals surface area contributed by atoms with E-state index in [1.54, 1.807) is 29.5 Å². The molecule has 0 fully saturated rings. The van der Waals surface area contributed by atoms with Crippen molar-refractivity contribution in [1.29, 1.82) is 0 Å². The van der Waals surface area contributed by atoms with Gasteiger partial charge in [0.1, 0.15) is 5.69 Å². The summed E-state index contributed by atoms with van der Waals surface area (Å²) in [5.41, 5.74) is 2.73. The highest BCUT2D eigenvalue weighted by Crippen LogP contribution is 2.29. The first kappa shape index (κ1) is 17.0. The summed E-state index contributed by atoms with van der Waals surface area (Å²) in [5, 5.41) is 6.74. The third kappa shape index (κ3) is 3.55. The normalized spacial score (nSPS) is 11.3. The summed E-state index contributed by atoms with van der Waals surface area (Å²) in [4.78, 5) is 14.0. The van der Waals surface area contributed by atoms with Crippen molar-refractivity contribution in [2.24, 2.45) is 0 Å². The minimum Gasteiger partial charge on any atom is -0.288 e. The van der Waals surface area contributed by atoms with Gasteiger partial charge in [-0.3, -0.25) is 4.79 Å². The molecule has 0 atom stereocenters. The maximum atomic E-state index is 12.3. The van der Waals surface area contributed by atoms with Crippen LogP contribution in [0.15, 0.2) is 72.3 Å². The van der Waals surface area contributed by atoms with Gasteiger partial charge in [-0.25, -0.2) is 4.68 Å². The molecule has 0 amide bonds. The number of hydrogen-bond donors (Lipinski definition) is 0. The summed E-state index contributed by atoms with van der Waals surface area (Å²) < 4.78 is 2.44. The van der Waals surface area contributed by atoms with Crippen molar-refractivity contribution in [3.05, 3.63) is 87.0 Å². The van der Waals surface area contributed by atoms with Crippen LogP contribution < -0.4 is 0 Å². The van der Waals surface area contributed by atoms with Crippen LogP contribution in [0.3, 0.4) is 0 Å². The number of carbonyl (C=O) groups is 1. The van der Waals surface area contributed by atoms with Gasteiger partial charge in [-0.2, -0.15) is 5.10 Å². The molecule has 3 aromatic heterocycles. The SMILES string of the molecule is O=C(C=Cc1cn(-c2ccccc2)nc1-c1cccs1)c1ccc(Cl)s1. The fourth-order valence-electron chi connectivity index (χ4n) is 2.52. The number of hydrogen-bond acceptors (Lipinski definition) is 4. The summed E-state index contributed by atoms with van der Waals surface area (Å²) in [6.45, 7) is 0. The van der Waals surface area contributed by atoms with Gasteiger partial charge in [-0.05, 0) is 47.9 Å². The first-order chi connectivity index (χ1) is 12.7. The molecule has 0 bridgehead atoms. The van der Waals surface area contributed by atoms with Crippen LogP contribution in [0.1, 0.15) is 15.2 Å². The summed E-state index contributed by atoms with van der Waals surface area (Å²) in [7, 11) is 0. The number of para-hydroxylation sites is 1. The molecule has 0 N–H and O–H groups in total. The van der Waals surface area contributed by atoms with Crippen LogP contribution in [0, 0.1) is 0 Å². The molecule has 0 radical (unpaired) electrons. The van der Waals surface area contributed by atoms with E-state index in [0.717, 1.165) is 21.8 Å². The summed E-state index contributed by atoms with van der Waals surface area (Å²) in [5.74, 6) is -0.0634. The van der Waals surface area contributed by atoms with E-state index in [9.17, 15) is 4.79 Å². The third-order valence-electron chi connectivity index (χ3n) is 3.75. The molecule has 1 aromatic carbocycles. The fraction of sp³-hybridized carbons (Fsp3) is 0. The highest BCUT2D eigenvalue weighted by atomic mass is 35.5. The molecule has 128 valence electrons. The number of rotatable bonds is 5. The van der Waals surface area contributed by atoms with Crippen LogP contribution in [-0.2, 0) is 0 Å². The number of halogens is 1. The number of thiophene rings is 2. The van der Waals surface area contributed by atoms with Crippen LogP contribution in [0.2, 0.25) is 4.34 Å². The molecule has 0 aliphatic heterocycles. The maximum Gasteiger partial charge on any atom is 0.195 e. The highest BCUT2D eigenvalue weighted by molar-refractivity contribution is 7.18. The molecule has 0 saturated heterocycles. The zero-order valence-electron chi connectivity index (χ0n) is 13.5. The molecule has 0 saturated carbocycles. The molecule has 3 nitrogen and oxygen atoms in total. The quantitative estimate of drug-likeness (QED) is 0.297. The minimum atomic E-state index is -0.0634. The Kier molecular flexibility index (Phi) is 4.84. The molecule has 4 aromatic rings. The second kappa shape index (κ2) is 7.41. The lowest BCUT2D eigenvalue weighted by molar-refractivity contribution is 0.105. The van der Waals surface area contributed by atoms with Crippen molar-refractivity contribution in [2.45, 2.75) is 0 Å². The number of carbonyl (C=O) groups excluding carboxylic acids is 1. The molecule has 0 unspecified atom stereocenters. The average Bonchev–Trinajstić information content (AvgIpc) is 3.40. The maximum absolute atomic E-state index is 12.3. The predicted molar refractivity (Wildman–Crippen MR) is 110 cm³/mol. The van der Waals surface area contributed by atoms with Crippen LogP contribution in [0.4, 0.5) is 0 Å². The van der Waals surface area contributed by atoms with Gasteiger partial charge < -0.3 is 0 Å². The van der Waals surface area contributed by atoms with Crippen LogP contribution in [0.25, 0.3) is 22.3 Å². The molecule has 0 aliphatic carbocycles. The Hall–Kier alpha value is -2.47. The molecule has 0 spiro atoms. The van der Waals surface area contributed by atoms with Crippen LogP contribution >= 0.6 is 34.3 Å². The van der Waals surface area contributed by atoms with Crippen molar-refractivity contribution in [1.82, 2.24) is 9.78 Å². The van der Waals surface area contributed by atoms with E-state index in [-0.39, 0.29) is 5.78 Å². The molecule has 6 heteroatoms. The van der Waals surface area contributed by atoms with E-state index in [4.69, 9.17) is 16.7 Å². The van der Waals surface area contributed by atoms with Gasteiger partial charge in [0.25, 0.3) is 0 Å². The van der Waals surface area contributed by atoms with Crippen molar-refractivity contribution >= 4 is 46.1 Å². The molecule has 26 heavy (non-hydrogen) atoms. The highest BCUT2D eigenvalue weighted by Gasteiger charge is 2.12. The first-order valence-corrected chi connectivity index (χ1v) is 9.95. The summed E-state index contributed by atoms with van der Waals surface area (Å²) in [6.07, 6.45) is 5.33. The average molecular weight is 397 g/mol. The standard InChI is InChI=1S/C20H13ClN2OS2/c21-19-11-10-17(26-19)16(24)9-8-14-13-23(15-5-2-1-3-6-15)22-20(14)18-7-4-12-25-18/h1-13H. The van der Waals surface area contributed by atoms with Gasteiger partial charge >= 0.3 is 0 Å². The lowest BCUT2D eigenvalue weighted by Gasteiger charge is -1.99. The molecular formula is C20H13ClN2OS2. The van der Waals surface area contributed by atoms with Gasteiger partial charge in [-0.1, -0.05) is 35.9 Å². The van der Waals surface area contributed by atoms with E-state index in [1.807, 2.05) is 64.8 Å². The largest absolute Gasteiger partial charge is 0.288 e. The minimum absolute atomic E-state index is 0.0634. The first-order valence-electron chi connectivity index (χ1n) is 7.87. The van der Waals surface area contributed by atoms with E-state index < -0.39 is 0 Å². The van der Waals surface area contributed by atoms with Crippen LogP contribution in [0.5, 0.6) is 0 Å². The van der Waals surface area contributed by atoms with Crippen molar-refractivity contribution in [3.8, 4) is 16.3 Å². The Morgan fingerprint density at radius 2 is 1.92 bits per heavy atom. The van der Waals surface area contributed by atoms with E-state index in [0.29, 0.717) is 9.21 Å². The van der Waals surface area contributed by atoms with Crippen molar-refractivity contribution in [2.75, 3.05) is 0 Å². The van der Waals surface area contributed by atoms with E-state index in [1.165, 1.54) is 11.3 Å². The molecular weight excluding hydrogens is 384 g/mol. The lowest BCUT2D eigenvalue weighted by atomic mass is 10.2. The Morgan fingerprint density at radius 3 is 2.62 bits per heavy atom. The zero-order chi connectivity index (χ0) is 17.9. The third-order valence-corrected chi connectivity index (χ3v) is 5.87. The van der Waals surface area contributed by atoms with Gasteiger partial charge in [0, 0.05) is 11.8 Å². The molecule has 4 rings (SSSR count). The second-order valence-corrected chi connectivity index (χ2v) is 8.15. The topological polar surface area (TPSA) is 34.9 Å². The number of benzene rings is 1. The number of nitrogens with zero attached hydrogens (tertiary/aromatic N) is 2. The van der Waals surface area contributed by atoms with E-state index >= 15 is 0 Å². The van der Waals surface area contributed by atoms with Crippen molar-refractivity contribution in [3.63, 3.8) is 0 Å². The monoisotopic (exact) mass is 396 g/mol. The fourth-order valence-corrected chi connectivity index (χ4v) is 4.22. The van der Waals surface area contributed by atoms with Crippen LogP contribution in [-0.4, -0.2) is 15.6 Å². The zero-order valence-corrected chi connectivity index (χ0v) is 15.9. The summed E-state index contributed by atoms with van der Waals surface area (Å²) >= 11 is 8.82. The lowest BCUT2D eigenvalue weighted by Crippen LogP contribution is -1.93. The molecule has 3 heterocycles. The van der Waals surface area contributed by atoms with Crippen molar-refractivity contribution < 1.29 is 4.79 Å². The number of aromatic nitrogens is 2. The molecule has 0 aliphatic rings. The smallest absolute Gasteiger partial charge is 0.195 e. The van der Waals surface area contributed by atoms with Gasteiger partial charge in [0.05, 0.1) is 19.8 Å². The second-order valence-electron chi connectivity index (χ2n) is 5.49. The van der Waals surface area contributed by atoms with Gasteiger partial charge in [-0.15, -0.1) is 22.7 Å².